The molecule has 0 saturated carbocycles. The number of benzene rings is 1. The molecule has 0 aliphatic rings. The molecule has 5 heteroatoms. The first-order valence-electron chi connectivity index (χ1n) is 6.50. The molecule has 0 radical (unpaired) electrons. The fraction of sp³-hybridized carbons (Fsp3) is 0.500. The number of nitrogens with two attached hydrogens (primary N) is 1. The highest BCUT2D eigenvalue weighted by Crippen LogP contribution is 2.21. The molecule has 0 aliphatic heterocycles. The summed E-state index contributed by atoms with van der Waals surface area (Å²) >= 11 is 0. The van der Waals surface area contributed by atoms with Crippen LogP contribution in [0.25, 0.3) is 11.1 Å². The van der Waals surface area contributed by atoms with Crippen LogP contribution in [0.3, 0.4) is 0 Å². The van der Waals surface area contributed by atoms with Crippen LogP contribution in [0, 0.1) is 0 Å². The summed E-state index contributed by atoms with van der Waals surface area (Å²) in [5, 5.41) is 0. The minimum atomic E-state index is 0.262. The molecular formula is C14H21N3O2. The van der Waals surface area contributed by atoms with E-state index in [4.69, 9.17) is 14.9 Å². The van der Waals surface area contributed by atoms with Gasteiger partial charge in [-0.25, -0.2) is 4.98 Å². The van der Waals surface area contributed by atoms with E-state index in [1.54, 1.807) is 0 Å². The van der Waals surface area contributed by atoms with E-state index in [2.05, 4.69) is 9.88 Å². The number of hydrogen-bond donors (Lipinski definition) is 1. The number of para-hydroxylation sites is 1. The summed E-state index contributed by atoms with van der Waals surface area (Å²) in [4.78, 5) is 6.54. The van der Waals surface area contributed by atoms with Gasteiger partial charge < -0.3 is 14.9 Å². The molecule has 2 aromatic rings. The standard InChI is InChI=1S/C14H21N3O2/c1-10(2)18-8-7-17(3)9-13-16-14-11(15)5-4-6-12(14)19-13/h4-6,10H,7-9,15H2,1-3H3. The van der Waals surface area contributed by atoms with Gasteiger partial charge in [0, 0.05) is 6.54 Å². The lowest BCUT2D eigenvalue weighted by Crippen LogP contribution is -2.24. The molecule has 19 heavy (non-hydrogen) atoms. The van der Waals surface area contributed by atoms with Gasteiger partial charge in [0.1, 0.15) is 5.52 Å². The van der Waals surface area contributed by atoms with E-state index < -0.39 is 0 Å². The lowest BCUT2D eigenvalue weighted by molar-refractivity contribution is 0.0614. The summed E-state index contributed by atoms with van der Waals surface area (Å²) < 4.78 is 11.2. The van der Waals surface area contributed by atoms with Crippen molar-refractivity contribution in [3.05, 3.63) is 24.1 Å². The highest BCUT2D eigenvalue weighted by molar-refractivity contribution is 5.85. The number of hydrogen-bond acceptors (Lipinski definition) is 5. The van der Waals surface area contributed by atoms with Crippen LogP contribution < -0.4 is 5.73 Å². The molecule has 2 rings (SSSR count). The van der Waals surface area contributed by atoms with Crippen molar-refractivity contribution < 1.29 is 9.15 Å². The SMILES string of the molecule is CC(C)OCCN(C)Cc1nc2c(N)cccc2o1. The van der Waals surface area contributed by atoms with Crippen molar-refractivity contribution >= 4 is 16.8 Å². The Bertz CT molecular complexity index is 536. The predicted octanol–water partition coefficient (Wildman–Crippen LogP) is 2.27. The maximum atomic E-state index is 5.86. The minimum Gasteiger partial charge on any atom is -0.439 e. The molecule has 1 aromatic carbocycles. The Labute approximate surface area is 113 Å². The highest BCUT2D eigenvalue weighted by Gasteiger charge is 2.10. The van der Waals surface area contributed by atoms with Gasteiger partial charge in [-0.3, -0.25) is 4.90 Å². The Hall–Kier alpha value is -1.59. The fourth-order valence-electron chi connectivity index (χ4n) is 1.84. The highest BCUT2D eigenvalue weighted by atomic mass is 16.5. The Morgan fingerprint density at radius 3 is 2.89 bits per heavy atom. The second-order valence-corrected chi connectivity index (χ2v) is 4.96. The van der Waals surface area contributed by atoms with Crippen LogP contribution in [-0.4, -0.2) is 36.2 Å². The maximum Gasteiger partial charge on any atom is 0.209 e. The second-order valence-electron chi connectivity index (χ2n) is 4.96. The molecule has 0 fully saturated rings. The number of nitrogen functional groups attached to an aromatic ring is 1. The molecule has 0 saturated heterocycles. The molecule has 0 atom stereocenters. The van der Waals surface area contributed by atoms with Crippen LogP contribution in [0.15, 0.2) is 22.6 Å². The maximum absolute atomic E-state index is 5.86. The number of aromatic nitrogens is 1. The summed E-state index contributed by atoms with van der Waals surface area (Å²) in [5.41, 5.74) is 7.99. The number of rotatable bonds is 6. The molecule has 5 nitrogen and oxygen atoms in total. The fourth-order valence-corrected chi connectivity index (χ4v) is 1.84. The summed E-state index contributed by atoms with van der Waals surface area (Å²) in [7, 11) is 2.02. The average molecular weight is 263 g/mol. The van der Waals surface area contributed by atoms with Crippen molar-refractivity contribution in [1.82, 2.24) is 9.88 Å². The Morgan fingerprint density at radius 1 is 1.42 bits per heavy atom. The van der Waals surface area contributed by atoms with Gasteiger partial charge in [-0.2, -0.15) is 0 Å². The molecule has 0 aliphatic carbocycles. The van der Waals surface area contributed by atoms with Crippen molar-refractivity contribution in [2.75, 3.05) is 25.9 Å². The molecule has 2 N–H and O–H groups in total. The number of oxazole rings is 1. The van der Waals surface area contributed by atoms with Gasteiger partial charge in [0.2, 0.25) is 5.89 Å². The first kappa shape index (κ1) is 13.8. The molecule has 1 aromatic heterocycles. The summed E-state index contributed by atoms with van der Waals surface area (Å²) in [5.74, 6) is 0.681. The van der Waals surface area contributed by atoms with E-state index in [1.807, 2.05) is 39.1 Å². The van der Waals surface area contributed by atoms with Crippen molar-refractivity contribution in [3.63, 3.8) is 0 Å². The van der Waals surface area contributed by atoms with Crippen molar-refractivity contribution in [2.45, 2.75) is 26.5 Å². The van der Waals surface area contributed by atoms with E-state index in [0.717, 1.165) is 17.6 Å². The molecule has 104 valence electrons. The van der Waals surface area contributed by atoms with Gasteiger partial charge >= 0.3 is 0 Å². The molecule has 0 bridgehead atoms. The third kappa shape index (κ3) is 3.68. The number of nitrogens with zero attached hydrogens (tertiary/aromatic N) is 2. The van der Waals surface area contributed by atoms with E-state index in [1.165, 1.54) is 0 Å². The van der Waals surface area contributed by atoms with E-state index in [0.29, 0.717) is 24.7 Å². The van der Waals surface area contributed by atoms with E-state index in [9.17, 15) is 0 Å². The number of ether oxygens (including phenoxy) is 1. The Balaban J connectivity index is 1.95. The average Bonchev–Trinajstić information content (AvgIpc) is 2.72. The molecule has 0 spiro atoms. The van der Waals surface area contributed by atoms with Crippen LogP contribution >= 0.6 is 0 Å². The molecule has 0 unspecified atom stereocenters. The first-order chi connectivity index (χ1) is 9.06. The Morgan fingerprint density at radius 2 is 2.21 bits per heavy atom. The zero-order chi connectivity index (χ0) is 13.8. The van der Waals surface area contributed by atoms with Gasteiger partial charge in [0.05, 0.1) is 24.9 Å². The third-order valence-corrected chi connectivity index (χ3v) is 2.82. The number of fused-ring (bicyclic) bond motifs is 1. The lowest BCUT2D eigenvalue weighted by Gasteiger charge is -2.15. The summed E-state index contributed by atoms with van der Waals surface area (Å²) in [6, 6.07) is 5.58. The van der Waals surface area contributed by atoms with Crippen molar-refractivity contribution in [2.24, 2.45) is 0 Å². The first-order valence-corrected chi connectivity index (χ1v) is 6.50. The minimum absolute atomic E-state index is 0.262. The zero-order valence-electron chi connectivity index (χ0n) is 11.7. The van der Waals surface area contributed by atoms with Crippen molar-refractivity contribution in [1.29, 1.82) is 0 Å². The van der Waals surface area contributed by atoms with Crippen LogP contribution in [0.4, 0.5) is 5.69 Å². The summed E-state index contributed by atoms with van der Waals surface area (Å²) in [6.07, 6.45) is 0.262. The van der Waals surface area contributed by atoms with Crippen LogP contribution in [0.1, 0.15) is 19.7 Å². The molecular weight excluding hydrogens is 242 g/mol. The van der Waals surface area contributed by atoms with Gasteiger partial charge in [-0.05, 0) is 33.0 Å². The van der Waals surface area contributed by atoms with Crippen molar-refractivity contribution in [3.8, 4) is 0 Å². The topological polar surface area (TPSA) is 64.5 Å². The zero-order valence-corrected chi connectivity index (χ0v) is 11.7. The quantitative estimate of drug-likeness (QED) is 0.810. The lowest BCUT2D eigenvalue weighted by atomic mass is 10.3. The smallest absolute Gasteiger partial charge is 0.209 e. The monoisotopic (exact) mass is 263 g/mol. The van der Waals surface area contributed by atoms with E-state index >= 15 is 0 Å². The molecule has 1 heterocycles. The van der Waals surface area contributed by atoms with Crippen LogP contribution in [0.5, 0.6) is 0 Å². The predicted molar refractivity (Wildman–Crippen MR) is 75.8 cm³/mol. The van der Waals surface area contributed by atoms with Crippen LogP contribution in [0.2, 0.25) is 0 Å². The number of anilines is 1. The van der Waals surface area contributed by atoms with E-state index in [-0.39, 0.29) is 6.10 Å². The molecule has 0 amide bonds. The normalized spacial score (nSPS) is 11.8. The van der Waals surface area contributed by atoms with Gasteiger partial charge in [0.25, 0.3) is 0 Å². The second kappa shape index (κ2) is 6.04. The number of likely N-dealkylation sites (N-methyl/N-ethyl adjacent to an activating group) is 1. The summed E-state index contributed by atoms with van der Waals surface area (Å²) in [6.45, 7) is 6.26. The largest absolute Gasteiger partial charge is 0.439 e. The van der Waals surface area contributed by atoms with Gasteiger partial charge in [0.15, 0.2) is 5.58 Å². The Kier molecular flexibility index (Phi) is 4.39. The van der Waals surface area contributed by atoms with Gasteiger partial charge in [-0.15, -0.1) is 0 Å². The van der Waals surface area contributed by atoms with Crippen LogP contribution in [-0.2, 0) is 11.3 Å². The third-order valence-electron chi connectivity index (χ3n) is 2.82. The van der Waals surface area contributed by atoms with Gasteiger partial charge in [-0.1, -0.05) is 6.07 Å².